The fraction of sp³-hybridized carbons (Fsp3) is 0.188. The molecule has 3 rings (SSSR count). The molecule has 108 valence electrons. The highest BCUT2D eigenvalue weighted by atomic mass is 35.5. The summed E-state index contributed by atoms with van der Waals surface area (Å²) in [5.74, 6) is -0.419. The lowest BCUT2D eigenvalue weighted by Gasteiger charge is -2.46. The topological polar surface area (TPSA) is 46.3 Å². The van der Waals surface area contributed by atoms with Gasteiger partial charge in [0, 0.05) is 11.6 Å². The van der Waals surface area contributed by atoms with Gasteiger partial charge in [-0.3, -0.25) is 4.79 Å². The number of amides is 1. The van der Waals surface area contributed by atoms with Crippen LogP contribution in [0.1, 0.15) is 17.2 Å². The minimum absolute atomic E-state index is 0.121. The normalized spacial score (nSPS) is 21.3. The molecule has 5 heteroatoms. The molecule has 2 aromatic rings. The Hall–Kier alpha value is -1.91. The number of benzene rings is 2. The van der Waals surface area contributed by atoms with Crippen molar-refractivity contribution in [3.05, 3.63) is 70.5 Å². The van der Waals surface area contributed by atoms with Gasteiger partial charge >= 0.3 is 0 Å². The number of carbonyl (C=O) groups excluding carboxylic acids is 1. The van der Waals surface area contributed by atoms with Crippen LogP contribution in [-0.4, -0.2) is 16.8 Å². The highest BCUT2D eigenvalue weighted by Gasteiger charge is 2.46. The van der Waals surface area contributed by atoms with Crippen molar-refractivity contribution >= 4 is 17.5 Å². The Morgan fingerprint density at radius 3 is 2.48 bits per heavy atom. The Bertz CT molecular complexity index is 674. The second kappa shape index (κ2) is 5.47. The highest BCUT2D eigenvalue weighted by Crippen LogP contribution is 2.38. The quantitative estimate of drug-likeness (QED) is 0.886. The molecule has 0 saturated carbocycles. The fourth-order valence-corrected chi connectivity index (χ4v) is 2.86. The van der Waals surface area contributed by atoms with Crippen LogP contribution in [0.2, 0.25) is 5.02 Å². The first-order valence-corrected chi connectivity index (χ1v) is 7.00. The van der Waals surface area contributed by atoms with Gasteiger partial charge in [0.05, 0.1) is 6.04 Å². The van der Waals surface area contributed by atoms with Gasteiger partial charge < -0.3 is 10.6 Å². The number of carbonyl (C=O) groups is 1. The van der Waals surface area contributed by atoms with Gasteiger partial charge in [0.1, 0.15) is 11.9 Å². The van der Waals surface area contributed by atoms with E-state index < -0.39 is 6.04 Å². The highest BCUT2D eigenvalue weighted by molar-refractivity contribution is 6.31. The maximum Gasteiger partial charge on any atom is 0.242 e. The molecule has 0 unspecified atom stereocenters. The molecular formula is C16H14ClFN2O. The molecule has 2 aromatic carbocycles. The number of hydrogen-bond donors (Lipinski definition) is 1. The van der Waals surface area contributed by atoms with E-state index in [0.717, 1.165) is 11.1 Å². The third-order valence-electron chi connectivity index (χ3n) is 3.73. The second-order valence-electron chi connectivity index (χ2n) is 5.08. The van der Waals surface area contributed by atoms with Crippen molar-refractivity contribution in [3.63, 3.8) is 0 Å². The summed E-state index contributed by atoms with van der Waals surface area (Å²) >= 11 is 6.19. The molecule has 2 N–H and O–H groups in total. The van der Waals surface area contributed by atoms with E-state index in [-0.39, 0.29) is 17.8 Å². The lowest BCUT2D eigenvalue weighted by atomic mass is 9.88. The summed E-state index contributed by atoms with van der Waals surface area (Å²) in [4.78, 5) is 13.7. The van der Waals surface area contributed by atoms with E-state index in [2.05, 4.69) is 0 Å². The maximum atomic E-state index is 12.9. The maximum absolute atomic E-state index is 12.9. The lowest BCUT2D eigenvalue weighted by Crippen LogP contribution is -2.62. The molecule has 2 atom stereocenters. The van der Waals surface area contributed by atoms with Crippen molar-refractivity contribution in [2.75, 3.05) is 0 Å². The Morgan fingerprint density at radius 1 is 1.14 bits per heavy atom. The average molecular weight is 305 g/mol. The molecular weight excluding hydrogens is 291 g/mol. The Balaban J connectivity index is 1.85. The molecule has 21 heavy (non-hydrogen) atoms. The molecule has 1 aliphatic rings. The zero-order valence-electron chi connectivity index (χ0n) is 11.2. The van der Waals surface area contributed by atoms with E-state index in [4.69, 9.17) is 17.3 Å². The lowest BCUT2D eigenvalue weighted by molar-refractivity contribution is -0.150. The van der Waals surface area contributed by atoms with Crippen LogP contribution in [0, 0.1) is 5.82 Å². The number of rotatable bonds is 3. The molecule has 3 nitrogen and oxygen atoms in total. The summed E-state index contributed by atoms with van der Waals surface area (Å²) in [7, 11) is 0. The van der Waals surface area contributed by atoms with Gasteiger partial charge in [0.2, 0.25) is 5.91 Å². The molecule has 1 aliphatic heterocycles. The number of β-lactam (4-membered cyclic amide) rings is 1. The molecule has 1 fully saturated rings. The van der Waals surface area contributed by atoms with E-state index in [0.29, 0.717) is 11.6 Å². The largest absolute Gasteiger partial charge is 0.328 e. The molecule has 1 amide bonds. The number of nitrogens with two attached hydrogens (primary N) is 1. The van der Waals surface area contributed by atoms with E-state index in [1.54, 1.807) is 23.1 Å². The molecule has 0 spiro atoms. The summed E-state index contributed by atoms with van der Waals surface area (Å²) < 4.78 is 12.9. The first kappa shape index (κ1) is 14.0. The van der Waals surface area contributed by atoms with Crippen LogP contribution in [0.4, 0.5) is 4.39 Å². The molecule has 0 radical (unpaired) electrons. The minimum Gasteiger partial charge on any atom is -0.328 e. The summed E-state index contributed by atoms with van der Waals surface area (Å²) in [6.07, 6.45) is 0. The Kier molecular flexibility index (Phi) is 3.66. The summed E-state index contributed by atoms with van der Waals surface area (Å²) in [5.41, 5.74) is 7.62. The first-order valence-electron chi connectivity index (χ1n) is 6.63. The second-order valence-corrected chi connectivity index (χ2v) is 5.49. The first-order chi connectivity index (χ1) is 10.1. The van der Waals surface area contributed by atoms with Crippen LogP contribution in [0.5, 0.6) is 0 Å². The van der Waals surface area contributed by atoms with Crippen molar-refractivity contribution < 1.29 is 9.18 Å². The summed E-state index contributed by atoms with van der Waals surface area (Å²) in [6, 6.07) is 12.6. The van der Waals surface area contributed by atoms with Crippen LogP contribution in [0.3, 0.4) is 0 Å². The number of halogens is 2. The van der Waals surface area contributed by atoms with Gasteiger partial charge in [-0.05, 0) is 29.3 Å². The van der Waals surface area contributed by atoms with E-state index in [9.17, 15) is 9.18 Å². The summed E-state index contributed by atoms with van der Waals surface area (Å²) in [6.45, 7) is 0.392. The Morgan fingerprint density at radius 2 is 1.81 bits per heavy atom. The number of likely N-dealkylation sites (tertiary alicyclic amines) is 1. The van der Waals surface area contributed by atoms with E-state index >= 15 is 0 Å². The monoisotopic (exact) mass is 304 g/mol. The average Bonchev–Trinajstić information content (AvgIpc) is 2.50. The Labute approximate surface area is 127 Å². The molecule has 0 bridgehead atoms. The summed E-state index contributed by atoms with van der Waals surface area (Å²) in [5, 5.41) is 0.592. The standard InChI is InChI=1S/C16H14ClFN2O/c17-13-4-2-1-3-12(13)15-14(19)16(21)20(15)9-10-5-7-11(18)8-6-10/h1-8,14-15H,9,19H2/t14-,15+/m1/s1. The molecule has 1 heterocycles. The van der Waals surface area contributed by atoms with Gasteiger partial charge in [-0.15, -0.1) is 0 Å². The zero-order valence-corrected chi connectivity index (χ0v) is 11.9. The molecule has 1 saturated heterocycles. The van der Waals surface area contributed by atoms with Crippen molar-refractivity contribution in [2.45, 2.75) is 18.6 Å². The van der Waals surface area contributed by atoms with E-state index in [1.807, 2.05) is 18.2 Å². The van der Waals surface area contributed by atoms with Crippen LogP contribution in [0.25, 0.3) is 0 Å². The van der Waals surface area contributed by atoms with Crippen LogP contribution >= 0.6 is 11.6 Å². The van der Waals surface area contributed by atoms with E-state index in [1.165, 1.54) is 12.1 Å². The smallest absolute Gasteiger partial charge is 0.242 e. The third-order valence-corrected chi connectivity index (χ3v) is 4.08. The van der Waals surface area contributed by atoms with Crippen molar-refractivity contribution in [2.24, 2.45) is 5.73 Å². The van der Waals surface area contributed by atoms with Gasteiger partial charge in [-0.2, -0.15) is 0 Å². The predicted molar refractivity (Wildman–Crippen MR) is 79.1 cm³/mol. The fourth-order valence-electron chi connectivity index (χ4n) is 2.61. The van der Waals surface area contributed by atoms with Gasteiger partial charge in [-0.25, -0.2) is 4.39 Å². The predicted octanol–water partition coefficient (Wildman–Crippen LogP) is 2.89. The zero-order chi connectivity index (χ0) is 15.0. The number of hydrogen-bond acceptors (Lipinski definition) is 2. The van der Waals surface area contributed by atoms with Crippen molar-refractivity contribution in [1.82, 2.24) is 4.90 Å². The van der Waals surface area contributed by atoms with Gasteiger partial charge in [0.15, 0.2) is 0 Å². The van der Waals surface area contributed by atoms with Crippen LogP contribution in [0.15, 0.2) is 48.5 Å². The molecule has 0 aromatic heterocycles. The van der Waals surface area contributed by atoms with Crippen LogP contribution in [-0.2, 0) is 11.3 Å². The van der Waals surface area contributed by atoms with Crippen molar-refractivity contribution in [1.29, 1.82) is 0 Å². The minimum atomic E-state index is -0.578. The van der Waals surface area contributed by atoms with Crippen molar-refractivity contribution in [3.8, 4) is 0 Å². The van der Waals surface area contributed by atoms with Gasteiger partial charge in [0.25, 0.3) is 0 Å². The van der Waals surface area contributed by atoms with Gasteiger partial charge in [-0.1, -0.05) is 41.9 Å². The SMILES string of the molecule is N[C@H]1C(=O)N(Cc2ccc(F)cc2)[C@H]1c1ccccc1Cl. The van der Waals surface area contributed by atoms with Crippen LogP contribution < -0.4 is 5.73 Å². The third kappa shape index (κ3) is 2.52. The molecule has 0 aliphatic carbocycles. The number of nitrogens with zero attached hydrogens (tertiary/aromatic N) is 1.